The molecule has 0 aliphatic heterocycles. The molecule has 7 nitrogen and oxygen atoms in total. The number of aromatic nitrogens is 4. The third kappa shape index (κ3) is 5.63. The van der Waals surface area contributed by atoms with Gasteiger partial charge in [-0.25, -0.2) is 4.98 Å². The largest absolute Gasteiger partial charge is 0.420 e. The van der Waals surface area contributed by atoms with Gasteiger partial charge in [0.25, 0.3) is 5.56 Å². The highest BCUT2D eigenvalue weighted by atomic mass is 35.5. The van der Waals surface area contributed by atoms with Gasteiger partial charge in [-0.1, -0.05) is 49.3 Å². The Labute approximate surface area is 201 Å². The molecule has 0 unspecified atom stereocenters. The maximum Gasteiger partial charge on any atom is 0.262 e. The van der Waals surface area contributed by atoms with E-state index in [0.717, 1.165) is 31.6 Å². The van der Waals surface area contributed by atoms with Crippen molar-refractivity contribution in [1.82, 2.24) is 24.6 Å². The van der Waals surface area contributed by atoms with Crippen LogP contribution < -0.4 is 5.56 Å². The van der Waals surface area contributed by atoms with E-state index in [2.05, 4.69) is 28.9 Å². The number of nitrogens with zero attached hydrogens (tertiary/aromatic N) is 5. The van der Waals surface area contributed by atoms with E-state index in [-0.39, 0.29) is 5.56 Å². The summed E-state index contributed by atoms with van der Waals surface area (Å²) in [5.41, 5.74) is 1.48. The Balaban J connectivity index is 1.55. The van der Waals surface area contributed by atoms with Crippen LogP contribution in [0.1, 0.15) is 26.2 Å². The molecule has 0 amide bonds. The van der Waals surface area contributed by atoms with Crippen LogP contribution in [0.2, 0.25) is 5.02 Å². The van der Waals surface area contributed by atoms with Crippen molar-refractivity contribution in [3.05, 3.63) is 69.8 Å². The molecule has 0 N–H and O–H groups in total. The number of para-hydroxylation sites is 1. The lowest BCUT2D eigenvalue weighted by Crippen LogP contribution is -2.28. The van der Waals surface area contributed by atoms with Crippen molar-refractivity contribution >= 4 is 34.3 Å². The minimum absolute atomic E-state index is 0.0185. The van der Waals surface area contributed by atoms with Crippen LogP contribution >= 0.6 is 23.4 Å². The number of halogens is 1. The molecule has 0 saturated heterocycles. The van der Waals surface area contributed by atoms with Gasteiger partial charge in [0, 0.05) is 17.1 Å². The highest BCUT2D eigenvalue weighted by Crippen LogP contribution is 2.25. The van der Waals surface area contributed by atoms with E-state index < -0.39 is 0 Å². The van der Waals surface area contributed by atoms with Gasteiger partial charge in [-0.2, -0.15) is 0 Å². The van der Waals surface area contributed by atoms with Gasteiger partial charge in [0.1, 0.15) is 0 Å². The summed E-state index contributed by atoms with van der Waals surface area (Å²) in [6.45, 7) is 7.83. The molecule has 0 radical (unpaired) electrons. The van der Waals surface area contributed by atoms with Gasteiger partial charge in [0.15, 0.2) is 5.16 Å². The van der Waals surface area contributed by atoms with Gasteiger partial charge in [0.2, 0.25) is 11.8 Å². The van der Waals surface area contributed by atoms with E-state index in [1.165, 1.54) is 11.8 Å². The fourth-order valence-corrected chi connectivity index (χ4v) is 4.58. The van der Waals surface area contributed by atoms with Crippen LogP contribution in [0.4, 0.5) is 0 Å². The SMILES string of the molecule is CCN(CC)CCCn1c(SCc2nnc(-c3ccc(Cl)cc3)o2)nc2ccccc2c1=O. The van der Waals surface area contributed by atoms with E-state index in [9.17, 15) is 4.79 Å². The highest BCUT2D eigenvalue weighted by Gasteiger charge is 2.15. The minimum Gasteiger partial charge on any atom is -0.420 e. The zero-order valence-corrected chi connectivity index (χ0v) is 20.3. The first-order chi connectivity index (χ1) is 16.1. The summed E-state index contributed by atoms with van der Waals surface area (Å²) >= 11 is 7.38. The van der Waals surface area contributed by atoms with E-state index in [1.54, 1.807) is 16.7 Å². The Hall–Kier alpha value is -2.68. The van der Waals surface area contributed by atoms with E-state index in [4.69, 9.17) is 21.0 Å². The topological polar surface area (TPSA) is 77.1 Å². The van der Waals surface area contributed by atoms with Crippen molar-refractivity contribution in [3.63, 3.8) is 0 Å². The van der Waals surface area contributed by atoms with Crippen molar-refractivity contribution in [2.45, 2.75) is 37.7 Å². The lowest BCUT2D eigenvalue weighted by atomic mass is 10.2. The van der Waals surface area contributed by atoms with Crippen molar-refractivity contribution in [2.24, 2.45) is 0 Å². The number of hydrogen-bond donors (Lipinski definition) is 0. The maximum atomic E-state index is 13.2. The molecule has 4 rings (SSSR count). The molecule has 0 bridgehead atoms. The third-order valence-electron chi connectivity index (χ3n) is 5.46. The second kappa shape index (κ2) is 11.0. The van der Waals surface area contributed by atoms with Crippen LogP contribution in [-0.4, -0.2) is 44.3 Å². The van der Waals surface area contributed by atoms with Crippen LogP contribution in [0.5, 0.6) is 0 Å². The first kappa shape index (κ1) is 23.5. The Kier molecular flexibility index (Phi) is 7.80. The monoisotopic (exact) mass is 483 g/mol. The second-order valence-electron chi connectivity index (χ2n) is 7.55. The minimum atomic E-state index is -0.0185. The molecule has 2 aromatic carbocycles. The first-order valence-electron chi connectivity index (χ1n) is 11.0. The zero-order chi connectivity index (χ0) is 23.2. The highest BCUT2D eigenvalue weighted by molar-refractivity contribution is 7.98. The van der Waals surface area contributed by atoms with Gasteiger partial charge in [-0.15, -0.1) is 10.2 Å². The predicted octanol–water partition coefficient (Wildman–Crippen LogP) is 5.12. The molecule has 2 aromatic heterocycles. The Morgan fingerprint density at radius 1 is 1.06 bits per heavy atom. The standard InChI is InChI=1S/C24H26ClN5O2S/c1-3-29(4-2)14-7-15-30-23(31)19-8-5-6-9-20(19)26-24(30)33-16-21-27-28-22(32-21)17-10-12-18(25)13-11-17/h5-6,8-13H,3-4,7,14-16H2,1-2H3. The number of benzene rings is 2. The molecular formula is C24H26ClN5O2S. The molecule has 0 aliphatic carbocycles. The Bertz CT molecular complexity index is 1270. The van der Waals surface area contributed by atoms with Gasteiger partial charge >= 0.3 is 0 Å². The predicted molar refractivity (Wildman–Crippen MR) is 133 cm³/mol. The molecule has 0 fully saturated rings. The van der Waals surface area contributed by atoms with Gasteiger partial charge in [-0.05, 0) is 62.5 Å². The summed E-state index contributed by atoms with van der Waals surface area (Å²) in [6.07, 6.45) is 0.871. The zero-order valence-electron chi connectivity index (χ0n) is 18.7. The average molecular weight is 484 g/mol. The average Bonchev–Trinajstić information content (AvgIpc) is 3.31. The van der Waals surface area contributed by atoms with Crippen LogP contribution in [0, 0.1) is 0 Å². The van der Waals surface area contributed by atoms with Crippen LogP contribution in [0.3, 0.4) is 0 Å². The van der Waals surface area contributed by atoms with E-state index in [0.29, 0.717) is 45.2 Å². The smallest absolute Gasteiger partial charge is 0.262 e. The van der Waals surface area contributed by atoms with Crippen molar-refractivity contribution in [3.8, 4) is 11.5 Å². The number of hydrogen-bond acceptors (Lipinski definition) is 7. The fraction of sp³-hybridized carbons (Fsp3) is 0.333. The van der Waals surface area contributed by atoms with Gasteiger partial charge < -0.3 is 9.32 Å². The van der Waals surface area contributed by atoms with Crippen LogP contribution in [-0.2, 0) is 12.3 Å². The molecule has 9 heteroatoms. The fourth-order valence-electron chi connectivity index (χ4n) is 3.59. The molecule has 0 saturated carbocycles. The number of fused-ring (bicyclic) bond motifs is 1. The number of rotatable bonds is 10. The van der Waals surface area contributed by atoms with Crippen LogP contribution in [0.15, 0.2) is 62.9 Å². The Morgan fingerprint density at radius 2 is 1.82 bits per heavy atom. The summed E-state index contributed by atoms with van der Waals surface area (Å²) in [5, 5.41) is 10.2. The lowest BCUT2D eigenvalue weighted by Gasteiger charge is -2.19. The molecule has 0 aliphatic rings. The summed E-state index contributed by atoms with van der Waals surface area (Å²) in [4.78, 5) is 20.3. The number of thioether (sulfide) groups is 1. The third-order valence-corrected chi connectivity index (χ3v) is 6.67. The van der Waals surface area contributed by atoms with Gasteiger partial charge in [0.05, 0.1) is 16.7 Å². The lowest BCUT2D eigenvalue weighted by molar-refractivity contribution is 0.290. The van der Waals surface area contributed by atoms with Gasteiger partial charge in [-0.3, -0.25) is 9.36 Å². The molecule has 2 heterocycles. The van der Waals surface area contributed by atoms with Crippen molar-refractivity contribution in [1.29, 1.82) is 0 Å². The summed E-state index contributed by atoms with van der Waals surface area (Å²) in [7, 11) is 0. The second-order valence-corrected chi connectivity index (χ2v) is 8.92. The van der Waals surface area contributed by atoms with Crippen molar-refractivity contribution in [2.75, 3.05) is 19.6 Å². The molecular weight excluding hydrogens is 458 g/mol. The summed E-state index contributed by atoms with van der Waals surface area (Å²) in [6, 6.07) is 14.7. The summed E-state index contributed by atoms with van der Waals surface area (Å²) in [5.74, 6) is 1.33. The molecule has 33 heavy (non-hydrogen) atoms. The molecule has 4 aromatic rings. The van der Waals surface area contributed by atoms with E-state index >= 15 is 0 Å². The Morgan fingerprint density at radius 3 is 2.58 bits per heavy atom. The molecule has 172 valence electrons. The van der Waals surface area contributed by atoms with Crippen LogP contribution in [0.25, 0.3) is 22.4 Å². The van der Waals surface area contributed by atoms with E-state index in [1.807, 2.05) is 36.4 Å². The summed E-state index contributed by atoms with van der Waals surface area (Å²) < 4.78 is 7.59. The molecule has 0 atom stereocenters. The molecule has 0 spiro atoms. The quantitative estimate of drug-likeness (QED) is 0.229. The normalized spacial score (nSPS) is 11.5. The van der Waals surface area contributed by atoms with Crippen molar-refractivity contribution < 1.29 is 4.42 Å². The maximum absolute atomic E-state index is 13.2. The first-order valence-corrected chi connectivity index (χ1v) is 12.4.